The molecule has 17 atom stereocenters. The second-order valence-corrected chi connectivity index (χ2v) is 31.3. The Hall–Kier alpha value is -2.25. The van der Waals surface area contributed by atoms with Crippen LogP contribution in [0.15, 0.2) is 48.6 Å². The van der Waals surface area contributed by atoms with Gasteiger partial charge in [0.1, 0.15) is 73.2 Å². The number of carbonyl (C=O) groups is 1. The molecule has 3 rings (SSSR count). The van der Waals surface area contributed by atoms with Gasteiger partial charge in [-0.05, 0) is 70.6 Å². The van der Waals surface area contributed by atoms with Crippen LogP contribution in [0.1, 0.15) is 367 Å². The summed E-state index contributed by atoms with van der Waals surface area (Å²) < 4.78 is 34.5. The molecule has 17 unspecified atom stereocenters. The van der Waals surface area contributed by atoms with Gasteiger partial charge in [0.2, 0.25) is 5.91 Å². The summed E-state index contributed by atoms with van der Waals surface area (Å²) in [5.41, 5.74) is 0. The van der Waals surface area contributed by atoms with Crippen LogP contribution in [0.3, 0.4) is 0 Å². The summed E-state index contributed by atoms with van der Waals surface area (Å²) in [6.07, 6.45) is 59.9. The number of hydrogen-bond acceptors (Lipinski definition) is 18. The molecule has 19 nitrogen and oxygen atoms in total. The number of carbonyl (C=O) groups excluding carboxylic acids is 1. The highest BCUT2D eigenvalue weighted by Crippen LogP contribution is 2.33. The molecule has 3 aliphatic heterocycles. The molecule has 0 aromatic rings. The van der Waals surface area contributed by atoms with E-state index >= 15 is 0 Å². The van der Waals surface area contributed by atoms with Crippen LogP contribution in [0.2, 0.25) is 0 Å². The molecule has 0 spiro atoms. The average Bonchev–Trinajstić information content (AvgIpc) is 0.780. The predicted molar refractivity (Wildman–Crippen MR) is 425 cm³/mol. The number of amides is 1. The molecule has 106 heavy (non-hydrogen) atoms. The van der Waals surface area contributed by atoms with Crippen molar-refractivity contribution in [3.05, 3.63) is 48.6 Å². The highest BCUT2D eigenvalue weighted by molar-refractivity contribution is 5.76. The lowest BCUT2D eigenvalue weighted by Gasteiger charge is -2.48. The topological polar surface area (TPSA) is 307 Å². The molecular formula is C87H161NO18. The molecule has 19 heteroatoms. The van der Waals surface area contributed by atoms with Gasteiger partial charge in [0.25, 0.3) is 0 Å². The number of allylic oxidation sites excluding steroid dienone is 7. The first kappa shape index (κ1) is 97.9. The van der Waals surface area contributed by atoms with Crippen LogP contribution in [-0.4, -0.2) is 193 Å². The molecule has 3 heterocycles. The zero-order valence-electron chi connectivity index (χ0n) is 66.9. The van der Waals surface area contributed by atoms with E-state index in [4.69, 9.17) is 28.4 Å². The zero-order chi connectivity index (χ0) is 76.7. The molecule has 0 radical (unpaired) electrons. The van der Waals surface area contributed by atoms with Crippen molar-refractivity contribution in [3.8, 4) is 0 Å². The molecule has 3 aliphatic rings. The van der Waals surface area contributed by atoms with Gasteiger partial charge in [0, 0.05) is 6.42 Å². The summed E-state index contributed by atoms with van der Waals surface area (Å²) in [7, 11) is 0. The van der Waals surface area contributed by atoms with Crippen molar-refractivity contribution >= 4 is 5.91 Å². The Morgan fingerprint density at radius 1 is 0.330 bits per heavy atom. The maximum absolute atomic E-state index is 13.5. The van der Waals surface area contributed by atoms with Crippen LogP contribution >= 0.6 is 0 Å². The van der Waals surface area contributed by atoms with Crippen LogP contribution in [0.25, 0.3) is 0 Å². The third-order valence-electron chi connectivity index (χ3n) is 21.8. The van der Waals surface area contributed by atoms with Crippen LogP contribution in [-0.2, 0) is 33.2 Å². The maximum atomic E-state index is 13.5. The first-order valence-electron chi connectivity index (χ1n) is 43.9. The Kier molecular flexibility index (Phi) is 62.2. The Balaban J connectivity index is 1.33. The van der Waals surface area contributed by atoms with E-state index in [1.165, 1.54) is 289 Å². The Bertz CT molecular complexity index is 2100. The third kappa shape index (κ3) is 46.1. The van der Waals surface area contributed by atoms with Gasteiger partial charge in [-0.25, -0.2) is 0 Å². The van der Waals surface area contributed by atoms with Gasteiger partial charge < -0.3 is 89.9 Å². The molecule has 3 fully saturated rings. The maximum Gasteiger partial charge on any atom is 0.220 e. The van der Waals surface area contributed by atoms with Gasteiger partial charge in [-0.3, -0.25) is 4.79 Å². The SMILES string of the molecule is CCCCCCCCCC/C=C\CCCCCCCCCCCCCCCCCCCCCCCCCCCC(=O)NC(COC1OC(CO)C(OC2OC(CO)C(OC3OC(CO)C(O)C(O)C3O)C(O)C2O)C(O)C1O)C(O)/C=C/CC/C=C/CC/C=C/CCCCCCCCCCCCCCCC. The second kappa shape index (κ2) is 67.3. The van der Waals surface area contributed by atoms with Crippen LogP contribution in [0, 0.1) is 0 Å². The number of nitrogens with one attached hydrogen (secondary N) is 1. The first-order chi connectivity index (χ1) is 51.8. The number of rotatable bonds is 71. The minimum atomic E-state index is -1.98. The standard InChI is InChI=1S/C87H161NO18/c1-3-5-7-9-11-13-15-17-19-21-23-25-27-29-30-31-32-33-34-35-36-37-38-39-40-41-43-45-47-49-51-53-55-57-59-61-63-65-75(93)88-70(71(92)64-62-60-58-56-54-52-50-48-46-44-42-28-26-24-22-20-18-16-14-12-10-8-6-4-2)69-101-85-81(99)78(96)83(73(67-90)103-85)106-87-82(100)79(97)84(74(68-91)104-87)105-86-80(98)77(95)76(94)72(66-89)102-86/h21,23,46,48,54,56,62,64,70-74,76-87,89-92,94-100H,3-20,22,24-45,47,49-53,55,57-61,63,65-69H2,1-2H3,(H,88,93)/b23-21-,48-46+,56-54+,64-62+. The number of aliphatic hydroxyl groups is 11. The lowest BCUT2D eigenvalue weighted by Crippen LogP contribution is -2.66. The summed E-state index contributed by atoms with van der Waals surface area (Å²) in [4.78, 5) is 13.5. The molecule has 3 saturated heterocycles. The van der Waals surface area contributed by atoms with Crippen molar-refractivity contribution in [1.82, 2.24) is 5.32 Å². The largest absolute Gasteiger partial charge is 0.394 e. The summed E-state index contributed by atoms with van der Waals surface area (Å²) in [6, 6.07) is -0.998. The first-order valence-corrected chi connectivity index (χ1v) is 43.9. The fourth-order valence-electron chi connectivity index (χ4n) is 14.8. The fourth-order valence-corrected chi connectivity index (χ4v) is 14.8. The van der Waals surface area contributed by atoms with Crippen LogP contribution in [0.4, 0.5) is 0 Å². The number of aliphatic hydroxyl groups excluding tert-OH is 11. The lowest BCUT2D eigenvalue weighted by atomic mass is 9.96. The van der Waals surface area contributed by atoms with Crippen LogP contribution < -0.4 is 5.32 Å². The zero-order valence-corrected chi connectivity index (χ0v) is 66.9. The van der Waals surface area contributed by atoms with E-state index in [1.807, 2.05) is 6.08 Å². The van der Waals surface area contributed by atoms with Gasteiger partial charge in [-0.2, -0.15) is 0 Å². The normalized spacial score (nSPS) is 25.8. The molecule has 0 saturated carbocycles. The second-order valence-electron chi connectivity index (χ2n) is 31.3. The van der Waals surface area contributed by atoms with Crippen molar-refractivity contribution in [2.45, 2.75) is 471 Å². The number of ether oxygens (including phenoxy) is 6. The predicted octanol–water partition coefficient (Wildman–Crippen LogP) is 16.0. The molecule has 622 valence electrons. The highest BCUT2D eigenvalue weighted by Gasteiger charge is 2.54. The lowest BCUT2D eigenvalue weighted by molar-refractivity contribution is -0.379. The van der Waals surface area contributed by atoms with Crippen molar-refractivity contribution in [3.63, 3.8) is 0 Å². The Morgan fingerprint density at radius 2 is 0.604 bits per heavy atom. The summed E-state index contributed by atoms with van der Waals surface area (Å²) >= 11 is 0. The van der Waals surface area contributed by atoms with Gasteiger partial charge in [-0.1, -0.05) is 339 Å². The highest BCUT2D eigenvalue weighted by atomic mass is 16.8. The Morgan fingerprint density at radius 3 is 0.943 bits per heavy atom. The minimum Gasteiger partial charge on any atom is -0.394 e. The van der Waals surface area contributed by atoms with E-state index in [-0.39, 0.29) is 18.9 Å². The van der Waals surface area contributed by atoms with Crippen molar-refractivity contribution in [2.75, 3.05) is 26.4 Å². The monoisotopic (exact) mass is 1510 g/mol. The average molecular weight is 1510 g/mol. The third-order valence-corrected chi connectivity index (χ3v) is 21.8. The van der Waals surface area contributed by atoms with E-state index in [9.17, 15) is 61.0 Å². The van der Waals surface area contributed by atoms with E-state index in [0.29, 0.717) is 12.8 Å². The van der Waals surface area contributed by atoms with E-state index in [1.54, 1.807) is 6.08 Å². The number of hydrogen-bond donors (Lipinski definition) is 12. The van der Waals surface area contributed by atoms with Crippen molar-refractivity contribution < 1.29 is 89.4 Å². The van der Waals surface area contributed by atoms with Gasteiger partial charge >= 0.3 is 0 Å². The van der Waals surface area contributed by atoms with E-state index in [0.717, 1.165) is 44.9 Å². The quantitative estimate of drug-likeness (QED) is 0.0199. The summed E-state index contributed by atoms with van der Waals surface area (Å²) in [6.45, 7) is 1.76. The van der Waals surface area contributed by atoms with Gasteiger partial charge in [0.05, 0.1) is 38.6 Å². The van der Waals surface area contributed by atoms with Crippen LogP contribution in [0.5, 0.6) is 0 Å². The molecule has 0 aliphatic carbocycles. The minimum absolute atomic E-state index is 0.235. The molecule has 0 bridgehead atoms. The molecular weight excluding hydrogens is 1350 g/mol. The van der Waals surface area contributed by atoms with Gasteiger partial charge in [-0.15, -0.1) is 0 Å². The van der Waals surface area contributed by atoms with E-state index < -0.39 is 124 Å². The Labute approximate surface area is 643 Å². The molecule has 12 N–H and O–H groups in total. The smallest absolute Gasteiger partial charge is 0.220 e. The molecule has 0 aromatic carbocycles. The molecule has 0 aromatic heterocycles. The summed E-state index contributed by atoms with van der Waals surface area (Å²) in [5, 5.41) is 121. The fraction of sp³-hybridized carbons (Fsp3) is 0.897. The van der Waals surface area contributed by atoms with Crippen molar-refractivity contribution in [2.24, 2.45) is 0 Å². The van der Waals surface area contributed by atoms with E-state index in [2.05, 4.69) is 55.6 Å². The number of unbranched alkanes of at least 4 members (excludes halogenated alkanes) is 49. The van der Waals surface area contributed by atoms with Gasteiger partial charge in [0.15, 0.2) is 18.9 Å². The molecule has 1 amide bonds. The van der Waals surface area contributed by atoms with Crippen molar-refractivity contribution in [1.29, 1.82) is 0 Å². The summed E-state index contributed by atoms with van der Waals surface area (Å²) in [5.74, 6) is -0.283.